The van der Waals surface area contributed by atoms with E-state index < -0.39 is 5.82 Å². The summed E-state index contributed by atoms with van der Waals surface area (Å²) in [6.07, 6.45) is 2.84. The fourth-order valence-electron chi connectivity index (χ4n) is 2.17. The molecule has 1 unspecified atom stereocenters. The molecule has 0 bridgehead atoms. The van der Waals surface area contributed by atoms with Crippen LogP contribution in [0.3, 0.4) is 0 Å². The van der Waals surface area contributed by atoms with Crippen LogP contribution in [0.15, 0.2) is 18.2 Å². The van der Waals surface area contributed by atoms with Gasteiger partial charge in [-0.15, -0.1) is 0 Å². The molecule has 1 atom stereocenters. The van der Waals surface area contributed by atoms with Gasteiger partial charge in [-0.2, -0.15) is 0 Å². The summed E-state index contributed by atoms with van der Waals surface area (Å²) >= 11 is 0. The predicted molar refractivity (Wildman–Crippen MR) is 64.0 cm³/mol. The lowest BCUT2D eigenvalue weighted by Gasteiger charge is -2.24. The maximum absolute atomic E-state index is 13.4. The molecule has 1 saturated heterocycles. The summed E-state index contributed by atoms with van der Waals surface area (Å²) < 4.78 is 19.0. The molecule has 0 amide bonds. The van der Waals surface area contributed by atoms with Crippen molar-refractivity contribution in [3.05, 3.63) is 29.6 Å². The molecule has 0 aromatic heterocycles. The average molecular weight is 237 g/mol. The molecule has 0 aliphatic carbocycles. The molecule has 1 aliphatic heterocycles. The first-order valence-electron chi connectivity index (χ1n) is 5.79. The van der Waals surface area contributed by atoms with Crippen LogP contribution >= 0.6 is 0 Å². The molecule has 0 radical (unpaired) electrons. The Morgan fingerprint density at radius 2 is 2.41 bits per heavy atom. The van der Waals surface area contributed by atoms with Crippen LogP contribution in [-0.4, -0.2) is 32.6 Å². The topological polar surface area (TPSA) is 29.5 Å². The molecular formula is C13H16FNO2. The highest BCUT2D eigenvalue weighted by Crippen LogP contribution is 2.22. The molecule has 0 saturated carbocycles. The molecule has 92 valence electrons. The second-order valence-electron chi connectivity index (χ2n) is 4.31. The van der Waals surface area contributed by atoms with E-state index >= 15 is 0 Å². The lowest BCUT2D eigenvalue weighted by molar-refractivity contribution is 0.111. The molecule has 4 heteroatoms. The van der Waals surface area contributed by atoms with Crippen molar-refractivity contribution in [3.8, 4) is 0 Å². The van der Waals surface area contributed by atoms with E-state index in [-0.39, 0.29) is 11.7 Å². The normalized spacial score (nSPS) is 19.3. The van der Waals surface area contributed by atoms with E-state index in [1.165, 1.54) is 6.07 Å². The fourth-order valence-corrected chi connectivity index (χ4v) is 2.17. The first-order chi connectivity index (χ1) is 8.22. The second-order valence-corrected chi connectivity index (χ2v) is 4.31. The molecule has 1 aromatic carbocycles. The molecule has 3 nitrogen and oxygen atoms in total. The number of anilines is 1. The summed E-state index contributed by atoms with van der Waals surface area (Å²) in [4.78, 5) is 12.8. The maximum Gasteiger partial charge on any atom is 0.155 e. The molecule has 2 rings (SSSR count). The molecule has 1 aliphatic rings. The summed E-state index contributed by atoms with van der Waals surface area (Å²) in [6.45, 7) is 1.48. The minimum absolute atomic E-state index is 0.119. The number of nitrogens with zero attached hydrogens (tertiary/aromatic N) is 1. The lowest BCUT2D eigenvalue weighted by Crippen LogP contribution is -2.29. The predicted octanol–water partition coefficient (Wildman–Crippen LogP) is 2.25. The van der Waals surface area contributed by atoms with Crippen LogP contribution in [0.4, 0.5) is 10.1 Å². The van der Waals surface area contributed by atoms with Crippen LogP contribution in [0, 0.1) is 5.82 Å². The quantitative estimate of drug-likeness (QED) is 0.752. The third-order valence-electron chi connectivity index (χ3n) is 3.06. The Hall–Kier alpha value is -1.42. The van der Waals surface area contributed by atoms with E-state index in [1.54, 1.807) is 12.1 Å². The van der Waals surface area contributed by atoms with Crippen LogP contribution in [0.25, 0.3) is 0 Å². The van der Waals surface area contributed by atoms with Crippen molar-refractivity contribution in [3.63, 3.8) is 0 Å². The number of likely N-dealkylation sites (N-methyl/N-ethyl adjacent to an activating group) is 1. The number of carbonyl (C=O) groups is 1. The largest absolute Gasteiger partial charge is 0.376 e. The number of ether oxygens (including phenoxy) is 1. The smallest absolute Gasteiger partial charge is 0.155 e. The maximum atomic E-state index is 13.4. The van der Waals surface area contributed by atoms with Gasteiger partial charge in [-0.05, 0) is 25.0 Å². The van der Waals surface area contributed by atoms with E-state index in [2.05, 4.69) is 0 Å². The Balaban J connectivity index is 2.14. The Bertz CT molecular complexity index is 402. The van der Waals surface area contributed by atoms with Crippen LogP contribution in [0.2, 0.25) is 0 Å². The monoisotopic (exact) mass is 237 g/mol. The number of rotatable bonds is 4. The minimum Gasteiger partial charge on any atom is -0.376 e. The third-order valence-corrected chi connectivity index (χ3v) is 3.06. The van der Waals surface area contributed by atoms with Crippen LogP contribution in [0.1, 0.15) is 23.2 Å². The van der Waals surface area contributed by atoms with Gasteiger partial charge in [0.05, 0.1) is 17.4 Å². The van der Waals surface area contributed by atoms with Crippen LogP contribution in [0.5, 0.6) is 0 Å². The number of aldehydes is 1. The Labute approximate surface area is 100 Å². The Morgan fingerprint density at radius 1 is 1.59 bits per heavy atom. The van der Waals surface area contributed by atoms with E-state index in [4.69, 9.17) is 4.74 Å². The van der Waals surface area contributed by atoms with Crippen LogP contribution in [-0.2, 0) is 4.74 Å². The van der Waals surface area contributed by atoms with E-state index in [0.717, 1.165) is 19.4 Å². The second kappa shape index (κ2) is 5.27. The first-order valence-corrected chi connectivity index (χ1v) is 5.79. The number of halogens is 1. The van der Waals surface area contributed by atoms with Gasteiger partial charge in [0, 0.05) is 20.2 Å². The zero-order valence-electron chi connectivity index (χ0n) is 9.86. The standard InChI is InChI=1S/C13H16FNO2/c1-15(8-10-4-3-7-17-10)13-6-2-5-12(14)11(13)9-16/h2,5-6,9-10H,3-4,7-8H2,1H3. The number of benzene rings is 1. The van der Waals surface area contributed by atoms with Gasteiger partial charge >= 0.3 is 0 Å². The van der Waals surface area contributed by atoms with Gasteiger partial charge in [-0.3, -0.25) is 4.79 Å². The molecule has 17 heavy (non-hydrogen) atoms. The van der Waals surface area contributed by atoms with Crippen LogP contribution < -0.4 is 4.90 Å². The number of hydrogen-bond acceptors (Lipinski definition) is 3. The molecule has 1 heterocycles. The van der Waals surface area contributed by atoms with Crippen molar-refractivity contribution < 1.29 is 13.9 Å². The summed E-state index contributed by atoms with van der Waals surface area (Å²) in [5.41, 5.74) is 0.739. The van der Waals surface area contributed by atoms with Crippen molar-refractivity contribution in [1.82, 2.24) is 0 Å². The Morgan fingerprint density at radius 3 is 3.06 bits per heavy atom. The van der Waals surface area contributed by atoms with E-state index in [9.17, 15) is 9.18 Å². The third kappa shape index (κ3) is 2.64. The molecule has 1 fully saturated rings. The number of hydrogen-bond donors (Lipinski definition) is 0. The first kappa shape index (κ1) is 12.0. The van der Waals surface area contributed by atoms with E-state index in [1.807, 2.05) is 11.9 Å². The highest BCUT2D eigenvalue weighted by atomic mass is 19.1. The fraction of sp³-hybridized carbons (Fsp3) is 0.462. The van der Waals surface area contributed by atoms with Gasteiger partial charge in [0.2, 0.25) is 0 Å². The Kier molecular flexibility index (Phi) is 3.74. The van der Waals surface area contributed by atoms with Gasteiger partial charge in [0.15, 0.2) is 6.29 Å². The summed E-state index contributed by atoms with van der Waals surface area (Å²) in [6, 6.07) is 4.67. The lowest BCUT2D eigenvalue weighted by atomic mass is 10.1. The van der Waals surface area contributed by atoms with Gasteiger partial charge in [-0.1, -0.05) is 6.07 Å². The minimum atomic E-state index is -0.475. The zero-order chi connectivity index (χ0) is 12.3. The van der Waals surface area contributed by atoms with Crippen molar-refractivity contribution in [2.75, 3.05) is 25.1 Å². The molecule has 0 N–H and O–H groups in total. The van der Waals surface area contributed by atoms with Crippen molar-refractivity contribution >= 4 is 12.0 Å². The SMILES string of the molecule is CN(CC1CCCO1)c1cccc(F)c1C=O. The van der Waals surface area contributed by atoms with Crippen molar-refractivity contribution in [2.24, 2.45) is 0 Å². The van der Waals surface area contributed by atoms with Gasteiger partial charge < -0.3 is 9.64 Å². The number of carbonyl (C=O) groups excluding carboxylic acids is 1. The zero-order valence-corrected chi connectivity index (χ0v) is 9.86. The van der Waals surface area contributed by atoms with Crippen molar-refractivity contribution in [1.29, 1.82) is 0 Å². The highest BCUT2D eigenvalue weighted by molar-refractivity contribution is 5.84. The van der Waals surface area contributed by atoms with Crippen molar-refractivity contribution in [2.45, 2.75) is 18.9 Å². The van der Waals surface area contributed by atoms with Gasteiger partial charge in [-0.25, -0.2) is 4.39 Å². The summed E-state index contributed by atoms with van der Waals surface area (Å²) in [5, 5.41) is 0. The van der Waals surface area contributed by atoms with Gasteiger partial charge in [0.25, 0.3) is 0 Å². The summed E-state index contributed by atoms with van der Waals surface area (Å²) in [7, 11) is 1.85. The average Bonchev–Trinajstić information content (AvgIpc) is 2.81. The molecular weight excluding hydrogens is 221 g/mol. The molecule has 1 aromatic rings. The molecule has 0 spiro atoms. The van der Waals surface area contributed by atoms with E-state index in [0.29, 0.717) is 18.5 Å². The summed E-state index contributed by atoms with van der Waals surface area (Å²) in [5.74, 6) is -0.475. The van der Waals surface area contributed by atoms with Gasteiger partial charge in [0.1, 0.15) is 5.82 Å². The highest BCUT2D eigenvalue weighted by Gasteiger charge is 2.19.